The highest BCUT2D eigenvalue weighted by Gasteiger charge is 2.42. The van der Waals surface area contributed by atoms with Gasteiger partial charge in [0, 0.05) is 5.92 Å². The van der Waals surface area contributed by atoms with Crippen LogP contribution in [0.2, 0.25) is 0 Å². The smallest absolute Gasteiger partial charge is 0.123 e. The highest BCUT2D eigenvalue weighted by Crippen LogP contribution is 2.53. The number of carbonyl (C=O) groups excluding carboxylic acids is 1. The van der Waals surface area contributed by atoms with Crippen LogP contribution in [0.3, 0.4) is 0 Å². The molecule has 2 aliphatic rings. The van der Waals surface area contributed by atoms with E-state index in [1.54, 1.807) is 0 Å². The summed E-state index contributed by atoms with van der Waals surface area (Å²) in [7, 11) is 0. The average molecular weight is 136 g/mol. The van der Waals surface area contributed by atoms with Crippen molar-refractivity contribution < 1.29 is 4.79 Å². The standard InChI is InChI=1S/C9H12O/c10-7-8-2-1-3-9(6-8)4-5-9/h1,3,7-8H,2,4-6H2. The van der Waals surface area contributed by atoms with E-state index in [9.17, 15) is 4.79 Å². The van der Waals surface area contributed by atoms with Crippen LogP contribution < -0.4 is 0 Å². The molecule has 1 heteroatoms. The number of carbonyl (C=O) groups is 1. The maximum Gasteiger partial charge on any atom is 0.123 e. The third-order valence-corrected chi connectivity index (χ3v) is 2.66. The lowest BCUT2D eigenvalue weighted by Crippen LogP contribution is -2.12. The average Bonchev–Trinajstić information content (AvgIpc) is 2.70. The molecular formula is C9H12O. The van der Waals surface area contributed by atoms with E-state index in [0.717, 1.165) is 19.1 Å². The van der Waals surface area contributed by atoms with Gasteiger partial charge in [0.2, 0.25) is 0 Å². The molecule has 1 fully saturated rings. The molecule has 0 aromatic carbocycles. The summed E-state index contributed by atoms with van der Waals surface area (Å²) in [6, 6.07) is 0. The summed E-state index contributed by atoms with van der Waals surface area (Å²) in [6.45, 7) is 0. The van der Waals surface area contributed by atoms with Gasteiger partial charge >= 0.3 is 0 Å². The first-order chi connectivity index (χ1) is 4.85. The van der Waals surface area contributed by atoms with Crippen molar-refractivity contribution >= 4 is 6.29 Å². The van der Waals surface area contributed by atoms with Crippen molar-refractivity contribution in [3.63, 3.8) is 0 Å². The molecule has 54 valence electrons. The van der Waals surface area contributed by atoms with E-state index >= 15 is 0 Å². The van der Waals surface area contributed by atoms with Gasteiger partial charge in [-0.1, -0.05) is 12.2 Å². The second-order valence-electron chi connectivity index (χ2n) is 3.60. The number of rotatable bonds is 1. The molecule has 1 spiro atoms. The summed E-state index contributed by atoms with van der Waals surface area (Å²) in [6.07, 6.45) is 10.3. The SMILES string of the molecule is O=CC1CC=CC2(CC2)C1. The van der Waals surface area contributed by atoms with Gasteiger partial charge in [-0.05, 0) is 31.1 Å². The fraction of sp³-hybridized carbons (Fsp3) is 0.667. The maximum absolute atomic E-state index is 10.4. The predicted molar refractivity (Wildman–Crippen MR) is 39.6 cm³/mol. The highest BCUT2D eigenvalue weighted by molar-refractivity contribution is 5.55. The summed E-state index contributed by atoms with van der Waals surface area (Å²) in [4.78, 5) is 10.4. The molecule has 1 nitrogen and oxygen atoms in total. The van der Waals surface area contributed by atoms with Crippen molar-refractivity contribution in [1.82, 2.24) is 0 Å². The number of hydrogen-bond donors (Lipinski definition) is 0. The fourth-order valence-electron chi connectivity index (χ4n) is 1.80. The van der Waals surface area contributed by atoms with Crippen molar-refractivity contribution in [2.75, 3.05) is 0 Å². The summed E-state index contributed by atoms with van der Waals surface area (Å²) < 4.78 is 0. The van der Waals surface area contributed by atoms with Crippen LogP contribution in [0.5, 0.6) is 0 Å². The monoisotopic (exact) mass is 136 g/mol. The van der Waals surface area contributed by atoms with Crippen LogP contribution in [-0.2, 0) is 4.79 Å². The third kappa shape index (κ3) is 0.898. The van der Waals surface area contributed by atoms with E-state index in [1.165, 1.54) is 12.8 Å². The minimum absolute atomic E-state index is 0.326. The first kappa shape index (κ1) is 6.14. The van der Waals surface area contributed by atoms with Crippen LogP contribution in [0.1, 0.15) is 25.7 Å². The van der Waals surface area contributed by atoms with Crippen LogP contribution >= 0.6 is 0 Å². The zero-order valence-corrected chi connectivity index (χ0v) is 6.05. The maximum atomic E-state index is 10.4. The lowest BCUT2D eigenvalue weighted by molar-refractivity contribution is -0.111. The molecule has 1 atom stereocenters. The van der Waals surface area contributed by atoms with E-state index in [1.807, 2.05) is 0 Å². The van der Waals surface area contributed by atoms with E-state index in [-0.39, 0.29) is 0 Å². The Balaban J connectivity index is 2.09. The Bertz CT molecular complexity index is 177. The molecule has 0 aromatic rings. The zero-order chi connectivity index (χ0) is 7.03. The molecule has 0 amide bonds. The van der Waals surface area contributed by atoms with Gasteiger partial charge < -0.3 is 4.79 Å². The van der Waals surface area contributed by atoms with Crippen LogP contribution in [0, 0.1) is 11.3 Å². The van der Waals surface area contributed by atoms with Crippen LogP contribution in [-0.4, -0.2) is 6.29 Å². The number of aldehydes is 1. The van der Waals surface area contributed by atoms with Gasteiger partial charge in [-0.2, -0.15) is 0 Å². The molecule has 1 saturated carbocycles. The lowest BCUT2D eigenvalue weighted by atomic mass is 9.85. The van der Waals surface area contributed by atoms with E-state index in [2.05, 4.69) is 12.2 Å². The molecule has 10 heavy (non-hydrogen) atoms. The summed E-state index contributed by atoms with van der Waals surface area (Å²) in [5.74, 6) is 0.326. The quantitative estimate of drug-likeness (QED) is 0.397. The van der Waals surface area contributed by atoms with Gasteiger partial charge in [0.15, 0.2) is 0 Å². The number of allylic oxidation sites excluding steroid dienone is 2. The van der Waals surface area contributed by atoms with E-state index < -0.39 is 0 Å². The van der Waals surface area contributed by atoms with Gasteiger partial charge in [0.05, 0.1) is 0 Å². The largest absolute Gasteiger partial charge is 0.303 e. The van der Waals surface area contributed by atoms with Crippen molar-refractivity contribution in [2.24, 2.45) is 11.3 Å². The second-order valence-corrected chi connectivity index (χ2v) is 3.60. The normalized spacial score (nSPS) is 34.2. The summed E-state index contributed by atoms with van der Waals surface area (Å²) in [5.41, 5.74) is 0.490. The van der Waals surface area contributed by atoms with Gasteiger partial charge in [0.25, 0.3) is 0 Å². The summed E-state index contributed by atoms with van der Waals surface area (Å²) >= 11 is 0. The summed E-state index contributed by atoms with van der Waals surface area (Å²) in [5, 5.41) is 0. The minimum atomic E-state index is 0.326. The van der Waals surface area contributed by atoms with Crippen LogP contribution in [0.25, 0.3) is 0 Å². The molecule has 2 rings (SSSR count). The van der Waals surface area contributed by atoms with Gasteiger partial charge in [-0.15, -0.1) is 0 Å². The topological polar surface area (TPSA) is 17.1 Å². The molecular weight excluding hydrogens is 124 g/mol. The molecule has 0 saturated heterocycles. The Morgan fingerprint density at radius 3 is 2.90 bits per heavy atom. The lowest BCUT2D eigenvalue weighted by Gasteiger charge is -2.19. The van der Waals surface area contributed by atoms with Gasteiger partial charge in [-0.3, -0.25) is 0 Å². The fourth-order valence-corrected chi connectivity index (χ4v) is 1.80. The Hall–Kier alpha value is -0.590. The third-order valence-electron chi connectivity index (χ3n) is 2.66. The molecule has 1 unspecified atom stereocenters. The molecule has 0 radical (unpaired) electrons. The molecule has 0 N–H and O–H groups in total. The van der Waals surface area contributed by atoms with Crippen molar-refractivity contribution in [3.8, 4) is 0 Å². The molecule has 0 heterocycles. The Morgan fingerprint density at radius 2 is 2.30 bits per heavy atom. The molecule has 0 aliphatic heterocycles. The minimum Gasteiger partial charge on any atom is -0.303 e. The van der Waals surface area contributed by atoms with Crippen molar-refractivity contribution in [2.45, 2.75) is 25.7 Å². The van der Waals surface area contributed by atoms with E-state index in [0.29, 0.717) is 11.3 Å². The van der Waals surface area contributed by atoms with Crippen molar-refractivity contribution in [1.29, 1.82) is 0 Å². The van der Waals surface area contributed by atoms with Gasteiger partial charge in [0.1, 0.15) is 6.29 Å². The molecule has 0 bridgehead atoms. The van der Waals surface area contributed by atoms with E-state index in [4.69, 9.17) is 0 Å². The highest BCUT2D eigenvalue weighted by atomic mass is 16.1. The second kappa shape index (κ2) is 1.94. The van der Waals surface area contributed by atoms with Crippen molar-refractivity contribution in [3.05, 3.63) is 12.2 Å². The number of hydrogen-bond acceptors (Lipinski definition) is 1. The van der Waals surface area contributed by atoms with Gasteiger partial charge in [-0.25, -0.2) is 0 Å². The Morgan fingerprint density at radius 1 is 1.50 bits per heavy atom. The van der Waals surface area contributed by atoms with Crippen LogP contribution in [0.4, 0.5) is 0 Å². The predicted octanol–water partition coefficient (Wildman–Crippen LogP) is 1.93. The zero-order valence-electron chi connectivity index (χ0n) is 6.05. The Kier molecular flexibility index (Phi) is 1.19. The molecule has 2 aliphatic carbocycles. The van der Waals surface area contributed by atoms with Crippen LogP contribution in [0.15, 0.2) is 12.2 Å². The molecule has 0 aromatic heterocycles. The Labute approximate surface area is 61.1 Å². The first-order valence-corrected chi connectivity index (χ1v) is 3.98. The first-order valence-electron chi connectivity index (χ1n) is 3.98.